The van der Waals surface area contributed by atoms with Crippen LogP contribution in [0.5, 0.6) is 0 Å². The van der Waals surface area contributed by atoms with Crippen molar-refractivity contribution >= 4 is 23.0 Å². The van der Waals surface area contributed by atoms with E-state index in [9.17, 15) is 9.59 Å². The summed E-state index contributed by atoms with van der Waals surface area (Å²) in [6, 6.07) is 13.9. The standard InChI is InChI=1S/C19H17N5O3/c1-11-15(18(25)20-10-12-6-3-2-4-7-12)17(22-19(26)21-11)13-8-5-9-14-16(13)24-27-23-14/h2-9,17H,10H2,1H3,(H,20,25)(H2,21,22,26)/t17-/m0/s1. The Bertz CT molecular complexity index is 1040. The van der Waals surface area contributed by atoms with Gasteiger partial charge in [0.2, 0.25) is 0 Å². The average molecular weight is 363 g/mol. The summed E-state index contributed by atoms with van der Waals surface area (Å²) >= 11 is 0. The normalized spacial score (nSPS) is 16.8. The van der Waals surface area contributed by atoms with Gasteiger partial charge in [-0.3, -0.25) is 4.79 Å². The molecule has 8 nitrogen and oxygen atoms in total. The van der Waals surface area contributed by atoms with E-state index >= 15 is 0 Å². The number of benzene rings is 2. The van der Waals surface area contributed by atoms with Crippen molar-refractivity contribution in [2.75, 3.05) is 0 Å². The third-order valence-electron chi connectivity index (χ3n) is 4.44. The third kappa shape index (κ3) is 3.24. The number of fused-ring (bicyclic) bond motifs is 1. The zero-order chi connectivity index (χ0) is 18.8. The molecule has 27 heavy (non-hydrogen) atoms. The van der Waals surface area contributed by atoms with Crippen molar-refractivity contribution in [1.82, 2.24) is 26.3 Å². The summed E-state index contributed by atoms with van der Waals surface area (Å²) < 4.78 is 4.81. The van der Waals surface area contributed by atoms with Crippen LogP contribution in [-0.4, -0.2) is 22.3 Å². The van der Waals surface area contributed by atoms with Crippen LogP contribution in [0.15, 0.2) is 64.4 Å². The fourth-order valence-corrected chi connectivity index (χ4v) is 3.16. The van der Waals surface area contributed by atoms with Gasteiger partial charge < -0.3 is 16.0 Å². The van der Waals surface area contributed by atoms with E-state index in [4.69, 9.17) is 4.63 Å². The molecule has 0 unspecified atom stereocenters. The molecule has 0 saturated heterocycles. The molecule has 0 spiro atoms. The number of rotatable bonds is 4. The van der Waals surface area contributed by atoms with Crippen LogP contribution in [0, 0.1) is 0 Å². The number of aromatic nitrogens is 2. The summed E-state index contributed by atoms with van der Waals surface area (Å²) in [7, 11) is 0. The first-order valence-electron chi connectivity index (χ1n) is 8.45. The molecule has 1 aromatic heterocycles. The molecule has 4 rings (SSSR count). The maximum Gasteiger partial charge on any atom is 0.319 e. The van der Waals surface area contributed by atoms with Crippen molar-refractivity contribution in [1.29, 1.82) is 0 Å². The Labute approximate surface area is 154 Å². The second-order valence-electron chi connectivity index (χ2n) is 6.22. The van der Waals surface area contributed by atoms with Crippen LogP contribution in [0.3, 0.4) is 0 Å². The Balaban J connectivity index is 1.67. The summed E-state index contributed by atoms with van der Waals surface area (Å²) in [5.74, 6) is -0.276. The van der Waals surface area contributed by atoms with Crippen molar-refractivity contribution in [2.24, 2.45) is 0 Å². The first-order chi connectivity index (χ1) is 13.1. The van der Waals surface area contributed by atoms with Crippen LogP contribution >= 0.6 is 0 Å². The van der Waals surface area contributed by atoms with Gasteiger partial charge in [-0.2, -0.15) is 0 Å². The molecule has 8 heteroatoms. The second-order valence-corrected chi connectivity index (χ2v) is 6.22. The van der Waals surface area contributed by atoms with Gasteiger partial charge in [-0.15, -0.1) is 0 Å². The van der Waals surface area contributed by atoms with Gasteiger partial charge in [0, 0.05) is 17.8 Å². The van der Waals surface area contributed by atoms with E-state index in [-0.39, 0.29) is 11.9 Å². The van der Waals surface area contributed by atoms with E-state index in [0.29, 0.717) is 34.4 Å². The minimum atomic E-state index is -0.662. The topological polar surface area (TPSA) is 109 Å². The molecule has 3 aromatic rings. The van der Waals surface area contributed by atoms with Gasteiger partial charge >= 0.3 is 6.03 Å². The first-order valence-corrected chi connectivity index (χ1v) is 8.45. The minimum Gasteiger partial charge on any atom is -0.348 e. The number of carbonyl (C=O) groups excluding carboxylic acids is 2. The predicted molar refractivity (Wildman–Crippen MR) is 97.2 cm³/mol. The van der Waals surface area contributed by atoms with Crippen molar-refractivity contribution < 1.29 is 14.2 Å². The molecule has 1 aliphatic heterocycles. The maximum absolute atomic E-state index is 12.9. The van der Waals surface area contributed by atoms with Crippen LogP contribution in [0.2, 0.25) is 0 Å². The molecule has 1 aliphatic rings. The van der Waals surface area contributed by atoms with Gasteiger partial charge in [0.05, 0.1) is 11.6 Å². The number of urea groups is 1. The van der Waals surface area contributed by atoms with Crippen LogP contribution in [0.25, 0.3) is 11.0 Å². The van der Waals surface area contributed by atoms with Gasteiger partial charge in [0.15, 0.2) is 0 Å². The number of nitrogens with zero attached hydrogens (tertiary/aromatic N) is 2. The molecule has 0 saturated carbocycles. The van der Waals surface area contributed by atoms with Gasteiger partial charge in [-0.25, -0.2) is 9.42 Å². The lowest BCUT2D eigenvalue weighted by molar-refractivity contribution is -0.118. The Morgan fingerprint density at radius 3 is 2.78 bits per heavy atom. The lowest BCUT2D eigenvalue weighted by atomic mass is 9.94. The molecule has 0 aliphatic carbocycles. The summed E-state index contributed by atoms with van der Waals surface area (Å²) in [4.78, 5) is 25.0. The highest BCUT2D eigenvalue weighted by molar-refractivity contribution is 5.99. The molecule has 3 N–H and O–H groups in total. The number of allylic oxidation sites excluding steroid dienone is 1. The fraction of sp³-hybridized carbons (Fsp3) is 0.158. The van der Waals surface area contributed by atoms with E-state index in [2.05, 4.69) is 26.3 Å². The largest absolute Gasteiger partial charge is 0.348 e. The molecule has 2 heterocycles. The summed E-state index contributed by atoms with van der Waals surface area (Å²) in [5.41, 5.74) is 3.60. The summed E-state index contributed by atoms with van der Waals surface area (Å²) in [6.45, 7) is 2.08. The summed E-state index contributed by atoms with van der Waals surface area (Å²) in [6.07, 6.45) is 0. The van der Waals surface area contributed by atoms with Crippen molar-refractivity contribution in [2.45, 2.75) is 19.5 Å². The molecule has 0 radical (unpaired) electrons. The monoisotopic (exact) mass is 363 g/mol. The highest BCUT2D eigenvalue weighted by atomic mass is 16.6. The molecule has 0 bridgehead atoms. The first kappa shape index (κ1) is 16.8. The molecule has 1 atom stereocenters. The van der Waals surface area contributed by atoms with Crippen molar-refractivity contribution in [3.63, 3.8) is 0 Å². The third-order valence-corrected chi connectivity index (χ3v) is 4.44. The maximum atomic E-state index is 12.9. The van der Waals surface area contributed by atoms with Gasteiger partial charge in [0.25, 0.3) is 5.91 Å². The van der Waals surface area contributed by atoms with Crippen molar-refractivity contribution in [3.05, 3.63) is 70.9 Å². The highest BCUT2D eigenvalue weighted by Gasteiger charge is 2.32. The number of hydrogen-bond donors (Lipinski definition) is 3. The van der Waals surface area contributed by atoms with Gasteiger partial charge in [-0.1, -0.05) is 42.5 Å². The Morgan fingerprint density at radius 2 is 1.96 bits per heavy atom. The average Bonchev–Trinajstić information content (AvgIpc) is 3.15. The molecular formula is C19H17N5O3. The van der Waals surface area contributed by atoms with Crippen LogP contribution < -0.4 is 16.0 Å². The lowest BCUT2D eigenvalue weighted by Gasteiger charge is -2.28. The minimum absolute atomic E-state index is 0.276. The zero-order valence-electron chi connectivity index (χ0n) is 14.5. The number of amides is 3. The number of nitrogens with one attached hydrogen (secondary N) is 3. The number of hydrogen-bond acceptors (Lipinski definition) is 5. The number of carbonyl (C=O) groups is 2. The quantitative estimate of drug-likeness (QED) is 0.658. The zero-order valence-corrected chi connectivity index (χ0v) is 14.5. The van der Waals surface area contributed by atoms with Crippen LogP contribution in [-0.2, 0) is 11.3 Å². The van der Waals surface area contributed by atoms with Crippen LogP contribution in [0.4, 0.5) is 4.79 Å². The molecular weight excluding hydrogens is 346 g/mol. The van der Waals surface area contributed by atoms with Crippen LogP contribution in [0.1, 0.15) is 24.1 Å². The SMILES string of the molecule is CC1=C(C(=O)NCc2ccccc2)[C@H](c2cccc3nonc23)NC(=O)N1. The van der Waals surface area contributed by atoms with E-state index in [0.717, 1.165) is 5.56 Å². The molecule has 2 aromatic carbocycles. The van der Waals surface area contributed by atoms with E-state index in [1.807, 2.05) is 30.3 Å². The second kappa shape index (κ2) is 6.91. The van der Waals surface area contributed by atoms with E-state index in [1.165, 1.54) is 0 Å². The highest BCUT2D eigenvalue weighted by Crippen LogP contribution is 2.30. The predicted octanol–water partition coefficient (Wildman–Crippen LogP) is 2.17. The lowest BCUT2D eigenvalue weighted by Crippen LogP contribution is -2.47. The fourth-order valence-electron chi connectivity index (χ4n) is 3.16. The molecule has 3 amide bonds. The van der Waals surface area contributed by atoms with E-state index < -0.39 is 6.04 Å². The van der Waals surface area contributed by atoms with Gasteiger partial charge in [0.1, 0.15) is 11.0 Å². The smallest absolute Gasteiger partial charge is 0.319 e. The molecule has 136 valence electrons. The Hall–Kier alpha value is -3.68. The Kier molecular flexibility index (Phi) is 4.29. The van der Waals surface area contributed by atoms with E-state index in [1.54, 1.807) is 25.1 Å². The molecule has 0 fully saturated rings. The summed E-state index contributed by atoms with van der Waals surface area (Å²) in [5, 5.41) is 16.1. The van der Waals surface area contributed by atoms with Gasteiger partial charge in [-0.05, 0) is 28.9 Å². The van der Waals surface area contributed by atoms with Crippen molar-refractivity contribution in [3.8, 4) is 0 Å². The Morgan fingerprint density at radius 1 is 1.15 bits per heavy atom.